The first-order valence-electron chi connectivity index (χ1n) is 10.1. The Morgan fingerprint density at radius 2 is 1.75 bits per heavy atom. The van der Waals surface area contributed by atoms with Crippen molar-refractivity contribution in [3.63, 3.8) is 0 Å². The molecule has 2 aliphatic rings. The topological polar surface area (TPSA) is 62.3 Å². The van der Waals surface area contributed by atoms with Gasteiger partial charge >= 0.3 is 0 Å². The Morgan fingerprint density at radius 1 is 1.11 bits per heavy atom. The van der Waals surface area contributed by atoms with Gasteiger partial charge in [0.1, 0.15) is 5.75 Å². The summed E-state index contributed by atoms with van der Waals surface area (Å²) in [5.41, 5.74) is 0.856. The minimum atomic E-state index is -0.618. The first-order chi connectivity index (χ1) is 13.4. The predicted molar refractivity (Wildman–Crippen MR) is 108 cm³/mol. The lowest BCUT2D eigenvalue weighted by molar-refractivity contribution is -0.143. The summed E-state index contributed by atoms with van der Waals surface area (Å²) in [7, 11) is 0. The number of nitrogens with zero attached hydrogens (tertiary/aromatic N) is 3. The van der Waals surface area contributed by atoms with E-state index in [0.29, 0.717) is 38.6 Å². The van der Waals surface area contributed by atoms with E-state index in [1.165, 1.54) is 0 Å². The van der Waals surface area contributed by atoms with Gasteiger partial charge in [-0.3, -0.25) is 9.59 Å². The molecule has 1 saturated heterocycles. The van der Waals surface area contributed by atoms with Crippen molar-refractivity contribution < 1.29 is 19.1 Å². The molecule has 7 nitrogen and oxygen atoms in total. The molecule has 28 heavy (non-hydrogen) atoms. The van der Waals surface area contributed by atoms with Crippen LogP contribution in [-0.2, 0) is 14.3 Å². The molecular weight excluding hydrogens is 358 g/mol. The average Bonchev–Trinajstić information content (AvgIpc) is 2.67. The fourth-order valence-corrected chi connectivity index (χ4v) is 3.99. The molecule has 7 heteroatoms. The average molecular weight is 389 g/mol. The van der Waals surface area contributed by atoms with E-state index < -0.39 is 6.10 Å². The van der Waals surface area contributed by atoms with Gasteiger partial charge in [-0.15, -0.1) is 0 Å². The largest absolute Gasteiger partial charge is 0.477 e. The molecule has 1 unspecified atom stereocenters. The second-order valence-electron chi connectivity index (χ2n) is 7.88. The van der Waals surface area contributed by atoms with Crippen molar-refractivity contribution in [1.29, 1.82) is 0 Å². The van der Waals surface area contributed by atoms with Gasteiger partial charge in [-0.25, -0.2) is 0 Å². The van der Waals surface area contributed by atoms with E-state index in [9.17, 15) is 9.59 Å². The van der Waals surface area contributed by atoms with Gasteiger partial charge in [0.15, 0.2) is 6.10 Å². The lowest BCUT2D eigenvalue weighted by Gasteiger charge is -2.39. The summed E-state index contributed by atoms with van der Waals surface area (Å²) in [5, 5.41) is 0. The van der Waals surface area contributed by atoms with Crippen LogP contribution in [0.25, 0.3) is 0 Å². The minimum absolute atomic E-state index is 0.0418. The highest BCUT2D eigenvalue weighted by Gasteiger charge is 2.35. The number of carbonyl (C=O) groups is 2. The van der Waals surface area contributed by atoms with Gasteiger partial charge in [0, 0.05) is 25.2 Å². The standard InChI is InChI=1S/C21H31N3O4/c1-15(2)24(16(3)4)20(25)14-23-13-19(21(26)22-9-11-27-12-10-22)28-18-8-6-5-7-17(18)23/h5-8,15-16,19H,9-14H2,1-4H3. The normalized spacial score (nSPS) is 19.4. The molecule has 0 N–H and O–H groups in total. The quantitative estimate of drug-likeness (QED) is 0.768. The monoisotopic (exact) mass is 389 g/mol. The van der Waals surface area contributed by atoms with E-state index in [-0.39, 0.29) is 30.4 Å². The maximum absolute atomic E-state index is 13.0. The van der Waals surface area contributed by atoms with Crippen LogP contribution in [-0.4, -0.2) is 79.2 Å². The molecule has 1 atom stereocenters. The molecule has 0 bridgehead atoms. The summed E-state index contributed by atoms with van der Waals surface area (Å²) in [6, 6.07) is 7.84. The molecule has 0 saturated carbocycles. The van der Waals surface area contributed by atoms with E-state index in [1.807, 2.05) is 61.8 Å². The number of amides is 2. The number of rotatable bonds is 5. The van der Waals surface area contributed by atoms with Gasteiger partial charge in [0.05, 0.1) is 32.0 Å². The molecule has 0 aromatic heterocycles. The smallest absolute Gasteiger partial charge is 0.265 e. The van der Waals surface area contributed by atoms with Gasteiger partial charge in [-0.1, -0.05) is 12.1 Å². The van der Waals surface area contributed by atoms with Gasteiger partial charge in [0.25, 0.3) is 5.91 Å². The van der Waals surface area contributed by atoms with Gasteiger partial charge in [-0.05, 0) is 39.8 Å². The van der Waals surface area contributed by atoms with Crippen LogP contribution in [0.2, 0.25) is 0 Å². The van der Waals surface area contributed by atoms with Crippen molar-refractivity contribution in [2.45, 2.75) is 45.9 Å². The SMILES string of the molecule is CC(C)N(C(=O)CN1CC(C(=O)N2CCOCC2)Oc2ccccc21)C(C)C. The third-order valence-electron chi connectivity index (χ3n) is 5.19. The first-order valence-corrected chi connectivity index (χ1v) is 10.1. The predicted octanol–water partition coefficient (Wildman–Crippen LogP) is 1.76. The second kappa shape index (κ2) is 8.82. The van der Waals surface area contributed by atoms with Crippen molar-refractivity contribution in [3.05, 3.63) is 24.3 Å². The fraction of sp³-hybridized carbons (Fsp3) is 0.619. The second-order valence-corrected chi connectivity index (χ2v) is 7.88. The van der Waals surface area contributed by atoms with Crippen LogP contribution in [0, 0.1) is 0 Å². The van der Waals surface area contributed by atoms with E-state index in [4.69, 9.17) is 9.47 Å². The van der Waals surface area contributed by atoms with Crippen LogP contribution >= 0.6 is 0 Å². The zero-order chi connectivity index (χ0) is 20.3. The lowest BCUT2D eigenvalue weighted by Crippen LogP contribution is -2.55. The highest BCUT2D eigenvalue weighted by Crippen LogP contribution is 2.33. The van der Waals surface area contributed by atoms with Crippen molar-refractivity contribution in [2.24, 2.45) is 0 Å². The van der Waals surface area contributed by atoms with Crippen LogP contribution in [0.4, 0.5) is 5.69 Å². The van der Waals surface area contributed by atoms with Gasteiger partial charge in [0.2, 0.25) is 5.91 Å². The Bertz CT molecular complexity index is 693. The molecule has 1 aromatic carbocycles. The highest BCUT2D eigenvalue weighted by molar-refractivity contribution is 5.86. The number of anilines is 1. The fourth-order valence-electron chi connectivity index (χ4n) is 3.99. The minimum Gasteiger partial charge on any atom is -0.477 e. The zero-order valence-corrected chi connectivity index (χ0v) is 17.3. The summed E-state index contributed by atoms with van der Waals surface area (Å²) < 4.78 is 11.4. The lowest BCUT2D eigenvalue weighted by atomic mass is 10.1. The summed E-state index contributed by atoms with van der Waals surface area (Å²) >= 11 is 0. The number of hydrogen-bond donors (Lipinski definition) is 0. The third kappa shape index (κ3) is 4.41. The number of hydrogen-bond acceptors (Lipinski definition) is 5. The summed E-state index contributed by atoms with van der Waals surface area (Å²) in [6.07, 6.45) is -0.618. The van der Waals surface area contributed by atoms with Crippen LogP contribution in [0.3, 0.4) is 0 Å². The Labute approximate surface area is 167 Å². The summed E-state index contributed by atoms with van der Waals surface area (Å²) in [5.74, 6) is 0.660. The van der Waals surface area contributed by atoms with E-state index >= 15 is 0 Å². The van der Waals surface area contributed by atoms with Crippen LogP contribution in [0.15, 0.2) is 24.3 Å². The van der Waals surface area contributed by atoms with Crippen molar-refractivity contribution in [3.8, 4) is 5.75 Å². The molecule has 0 spiro atoms. The third-order valence-corrected chi connectivity index (χ3v) is 5.19. The molecule has 0 aliphatic carbocycles. The van der Waals surface area contributed by atoms with E-state index in [2.05, 4.69) is 0 Å². The molecule has 1 fully saturated rings. The molecular formula is C21H31N3O4. The molecule has 1 aromatic rings. The number of benzene rings is 1. The Morgan fingerprint density at radius 3 is 2.39 bits per heavy atom. The van der Waals surface area contributed by atoms with Crippen molar-refractivity contribution in [1.82, 2.24) is 9.80 Å². The van der Waals surface area contributed by atoms with Crippen molar-refractivity contribution >= 4 is 17.5 Å². The van der Waals surface area contributed by atoms with Crippen LogP contribution < -0.4 is 9.64 Å². The number of morpholine rings is 1. The van der Waals surface area contributed by atoms with E-state index in [1.54, 1.807) is 4.90 Å². The number of fused-ring (bicyclic) bond motifs is 1. The number of carbonyl (C=O) groups excluding carboxylic acids is 2. The summed E-state index contributed by atoms with van der Waals surface area (Å²) in [6.45, 7) is 10.9. The molecule has 154 valence electrons. The molecule has 2 heterocycles. The Balaban J connectivity index is 1.79. The van der Waals surface area contributed by atoms with Crippen molar-refractivity contribution in [2.75, 3.05) is 44.3 Å². The summed E-state index contributed by atoms with van der Waals surface area (Å²) in [4.78, 5) is 31.6. The highest BCUT2D eigenvalue weighted by atomic mass is 16.5. The first kappa shape index (κ1) is 20.5. The Hall–Kier alpha value is -2.28. The number of para-hydroxylation sites is 2. The van der Waals surface area contributed by atoms with Crippen LogP contribution in [0.5, 0.6) is 5.75 Å². The van der Waals surface area contributed by atoms with Crippen LogP contribution in [0.1, 0.15) is 27.7 Å². The maximum Gasteiger partial charge on any atom is 0.265 e. The van der Waals surface area contributed by atoms with Gasteiger partial charge < -0.3 is 24.2 Å². The zero-order valence-electron chi connectivity index (χ0n) is 17.3. The molecule has 3 rings (SSSR count). The van der Waals surface area contributed by atoms with Gasteiger partial charge in [-0.2, -0.15) is 0 Å². The van der Waals surface area contributed by atoms with E-state index in [0.717, 1.165) is 5.69 Å². The molecule has 2 aliphatic heterocycles. The maximum atomic E-state index is 13.0. The number of ether oxygens (including phenoxy) is 2. The Kier molecular flexibility index (Phi) is 6.44. The molecule has 0 radical (unpaired) electrons. The molecule has 2 amide bonds.